The molecule has 0 aromatic heterocycles. The van der Waals surface area contributed by atoms with Gasteiger partial charge in [-0.05, 0) is 36.1 Å². The van der Waals surface area contributed by atoms with E-state index in [1.807, 2.05) is 18.2 Å². The first-order valence-corrected chi connectivity index (χ1v) is 7.99. The molecule has 0 radical (unpaired) electrons. The van der Waals surface area contributed by atoms with Crippen molar-refractivity contribution in [2.75, 3.05) is 24.5 Å². The minimum absolute atomic E-state index is 0.829. The summed E-state index contributed by atoms with van der Waals surface area (Å²) in [4.78, 5) is 2.48. The molecule has 2 aromatic carbocycles. The number of halogens is 1. The van der Waals surface area contributed by atoms with E-state index in [0.29, 0.717) is 0 Å². The first kappa shape index (κ1) is 14.4. The Hall–Kier alpha value is -1.51. The lowest BCUT2D eigenvalue weighted by Gasteiger charge is -2.31. The van der Waals surface area contributed by atoms with Gasteiger partial charge in [0.25, 0.3) is 0 Å². The third-order valence-electron chi connectivity index (χ3n) is 4.04. The van der Waals surface area contributed by atoms with Crippen LogP contribution in [0.2, 0.25) is 5.02 Å². The van der Waals surface area contributed by atoms with Crippen LogP contribution in [0, 0.1) is 0 Å². The standard InChI is InChI=1S/C18H21ClN2/c19-17-9-3-1-7-16(17)14-20-11-13-21-12-5-8-15-6-2-4-10-18(15)21/h1-4,6-7,9-10,20H,5,8,11-14H2. The Kier molecular flexibility index (Phi) is 4.79. The molecule has 0 aliphatic carbocycles. The van der Waals surface area contributed by atoms with Gasteiger partial charge in [-0.2, -0.15) is 0 Å². The van der Waals surface area contributed by atoms with Gasteiger partial charge in [-0.15, -0.1) is 0 Å². The van der Waals surface area contributed by atoms with Crippen LogP contribution in [0.15, 0.2) is 48.5 Å². The van der Waals surface area contributed by atoms with Crippen LogP contribution in [0.4, 0.5) is 5.69 Å². The zero-order chi connectivity index (χ0) is 14.5. The van der Waals surface area contributed by atoms with Crippen molar-refractivity contribution in [1.29, 1.82) is 0 Å². The largest absolute Gasteiger partial charge is 0.370 e. The van der Waals surface area contributed by atoms with Crippen molar-refractivity contribution >= 4 is 17.3 Å². The Labute approximate surface area is 131 Å². The maximum absolute atomic E-state index is 6.17. The number of nitrogens with zero attached hydrogens (tertiary/aromatic N) is 1. The predicted octanol–water partition coefficient (Wildman–Crippen LogP) is 3.88. The smallest absolute Gasteiger partial charge is 0.0450 e. The fourth-order valence-electron chi connectivity index (χ4n) is 2.92. The molecule has 1 aliphatic rings. The lowest BCUT2D eigenvalue weighted by molar-refractivity contribution is 0.630. The lowest BCUT2D eigenvalue weighted by atomic mass is 10.0. The second-order valence-corrected chi connectivity index (χ2v) is 5.89. The number of fused-ring (bicyclic) bond motifs is 1. The number of benzene rings is 2. The molecule has 1 N–H and O–H groups in total. The highest BCUT2D eigenvalue weighted by atomic mass is 35.5. The third kappa shape index (κ3) is 3.58. The molecule has 3 rings (SSSR count). The van der Waals surface area contributed by atoms with Crippen LogP contribution >= 0.6 is 11.6 Å². The number of para-hydroxylation sites is 1. The van der Waals surface area contributed by atoms with Crippen molar-refractivity contribution in [2.24, 2.45) is 0 Å². The minimum Gasteiger partial charge on any atom is -0.370 e. The number of aryl methyl sites for hydroxylation is 1. The van der Waals surface area contributed by atoms with Crippen LogP contribution in [0.1, 0.15) is 17.5 Å². The Morgan fingerprint density at radius 3 is 2.76 bits per heavy atom. The molecule has 1 heterocycles. The highest BCUT2D eigenvalue weighted by Crippen LogP contribution is 2.26. The molecule has 0 fully saturated rings. The summed E-state index contributed by atoms with van der Waals surface area (Å²) in [7, 11) is 0. The average Bonchev–Trinajstić information content (AvgIpc) is 2.53. The fourth-order valence-corrected chi connectivity index (χ4v) is 3.13. The van der Waals surface area contributed by atoms with Gasteiger partial charge < -0.3 is 10.2 Å². The first-order valence-electron chi connectivity index (χ1n) is 7.61. The molecule has 0 unspecified atom stereocenters. The summed E-state index contributed by atoms with van der Waals surface area (Å²) in [6, 6.07) is 16.8. The van der Waals surface area contributed by atoms with Crippen molar-refractivity contribution in [2.45, 2.75) is 19.4 Å². The molecule has 0 saturated carbocycles. The summed E-state index contributed by atoms with van der Waals surface area (Å²) >= 11 is 6.17. The van der Waals surface area contributed by atoms with E-state index in [1.54, 1.807) is 0 Å². The van der Waals surface area contributed by atoms with Gasteiger partial charge in [-0.25, -0.2) is 0 Å². The monoisotopic (exact) mass is 300 g/mol. The molecule has 0 bridgehead atoms. The van der Waals surface area contributed by atoms with Crippen molar-refractivity contribution in [1.82, 2.24) is 5.32 Å². The summed E-state index contributed by atoms with van der Waals surface area (Å²) in [6.07, 6.45) is 2.46. The molecule has 0 spiro atoms. The molecule has 2 nitrogen and oxygen atoms in total. The normalized spacial score (nSPS) is 14.0. The molecular formula is C18H21ClN2. The molecular weight excluding hydrogens is 280 g/mol. The fraction of sp³-hybridized carbons (Fsp3) is 0.333. The van der Waals surface area contributed by atoms with Gasteiger partial charge in [0.15, 0.2) is 0 Å². The van der Waals surface area contributed by atoms with E-state index in [2.05, 4.69) is 40.5 Å². The minimum atomic E-state index is 0.829. The molecule has 3 heteroatoms. The van der Waals surface area contributed by atoms with Gasteiger partial charge in [-0.3, -0.25) is 0 Å². The Bertz CT molecular complexity index is 597. The number of nitrogens with one attached hydrogen (secondary N) is 1. The predicted molar refractivity (Wildman–Crippen MR) is 90.1 cm³/mol. The summed E-state index contributed by atoms with van der Waals surface area (Å²) in [5.74, 6) is 0. The molecule has 110 valence electrons. The van der Waals surface area contributed by atoms with E-state index in [0.717, 1.165) is 31.2 Å². The highest BCUT2D eigenvalue weighted by Gasteiger charge is 2.15. The van der Waals surface area contributed by atoms with Crippen molar-refractivity contribution in [3.8, 4) is 0 Å². The summed E-state index contributed by atoms with van der Waals surface area (Å²) < 4.78 is 0. The van der Waals surface area contributed by atoms with Gasteiger partial charge in [-0.1, -0.05) is 48.0 Å². The topological polar surface area (TPSA) is 15.3 Å². The molecule has 0 saturated heterocycles. The summed E-state index contributed by atoms with van der Waals surface area (Å²) in [5, 5.41) is 4.34. The SMILES string of the molecule is Clc1ccccc1CNCCN1CCCc2ccccc21. The van der Waals surface area contributed by atoms with E-state index in [4.69, 9.17) is 11.6 Å². The molecule has 21 heavy (non-hydrogen) atoms. The van der Waals surface area contributed by atoms with Gasteiger partial charge in [0, 0.05) is 36.9 Å². The van der Waals surface area contributed by atoms with E-state index in [1.165, 1.54) is 29.7 Å². The first-order chi connectivity index (χ1) is 10.3. The third-order valence-corrected chi connectivity index (χ3v) is 4.41. The second kappa shape index (κ2) is 6.97. The van der Waals surface area contributed by atoms with E-state index in [9.17, 15) is 0 Å². The van der Waals surface area contributed by atoms with Gasteiger partial charge >= 0.3 is 0 Å². The molecule has 2 aromatic rings. The highest BCUT2D eigenvalue weighted by molar-refractivity contribution is 6.31. The molecule has 0 atom stereocenters. The van der Waals surface area contributed by atoms with Crippen molar-refractivity contribution < 1.29 is 0 Å². The van der Waals surface area contributed by atoms with Crippen LogP contribution in [0.25, 0.3) is 0 Å². The molecule has 0 amide bonds. The van der Waals surface area contributed by atoms with E-state index in [-0.39, 0.29) is 0 Å². The number of hydrogen-bond acceptors (Lipinski definition) is 2. The van der Waals surface area contributed by atoms with E-state index >= 15 is 0 Å². The zero-order valence-electron chi connectivity index (χ0n) is 12.2. The number of rotatable bonds is 5. The summed E-state index contributed by atoms with van der Waals surface area (Å²) in [6.45, 7) is 4.00. The summed E-state index contributed by atoms with van der Waals surface area (Å²) in [5.41, 5.74) is 4.05. The Balaban J connectivity index is 1.52. The van der Waals surface area contributed by atoms with Crippen molar-refractivity contribution in [3.05, 3.63) is 64.7 Å². The van der Waals surface area contributed by atoms with Crippen molar-refractivity contribution in [3.63, 3.8) is 0 Å². The maximum Gasteiger partial charge on any atom is 0.0450 e. The van der Waals surface area contributed by atoms with Crippen LogP contribution in [0.5, 0.6) is 0 Å². The Morgan fingerprint density at radius 1 is 1.05 bits per heavy atom. The van der Waals surface area contributed by atoms with Crippen LogP contribution in [0.3, 0.4) is 0 Å². The second-order valence-electron chi connectivity index (χ2n) is 5.49. The number of anilines is 1. The zero-order valence-corrected chi connectivity index (χ0v) is 12.9. The van der Waals surface area contributed by atoms with Crippen LogP contribution in [-0.4, -0.2) is 19.6 Å². The van der Waals surface area contributed by atoms with Gasteiger partial charge in [0.05, 0.1) is 0 Å². The Morgan fingerprint density at radius 2 is 1.86 bits per heavy atom. The average molecular weight is 301 g/mol. The molecule has 1 aliphatic heterocycles. The van der Waals surface area contributed by atoms with Crippen LogP contribution < -0.4 is 10.2 Å². The lowest BCUT2D eigenvalue weighted by Crippen LogP contribution is -2.35. The number of hydrogen-bond donors (Lipinski definition) is 1. The van der Waals surface area contributed by atoms with E-state index < -0.39 is 0 Å². The van der Waals surface area contributed by atoms with Gasteiger partial charge in [0.1, 0.15) is 0 Å². The van der Waals surface area contributed by atoms with Gasteiger partial charge in [0.2, 0.25) is 0 Å². The maximum atomic E-state index is 6.17. The van der Waals surface area contributed by atoms with Crippen LogP contribution in [-0.2, 0) is 13.0 Å². The quantitative estimate of drug-likeness (QED) is 0.843.